The number of carboxylic acids is 1. The highest BCUT2D eigenvalue weighted by Crippen LogP contribution is 2.21. The molecule has 2 N–H and O–H groups in total. The van der Waals surface area contributed by atoms with E-state index in [-0.39, 0.29) is 16.5 Å². The molecule has 0 fully saturated rings. The molecule has 2 aromatic rings. The van der Waals surface area contributed by atoms with Crippen molar-refractivity contribution in [3.8, 4) is 0 Å². The Kier molecular flexibility index (Phi) is 3.81. The van der Waals surface area contributed by atoms with E-state index in [1.807, 2.05) is 0 Å². The number of carbonyl (C=O) groups is 2. The van der Waals surface area contributed by atoms with Gasteiger partial charge in [0.15, 0.2) is 11.0 Å². The van der Waals surface area contributed by atoms with Crippen LogP contribution >= 0.6 is 11.6 Å². The van der Waals surface area contributed by atoms with Gasteiger partial charge in [0.1, 0.15) is 0 Å². The Labute approximate surface area is 120 Å². The summed E-state index contributed by atoms with van der Waals surface area (Å²) in [5.74, 6) is -1.47. The second-order valence-electron chi connectivity index (χ2n) is 4.33. The van der Waals surface area contributed by atoms with Crippen molar-refractivity contribution in [2.45, 2.75) is 13.8 Å². The fourth-order valence-electron chi connectivity index (χ4n) is 1.78. The lowest BCUT2D eigenvalue weighted by Crippen LogP contribution is -2.12. The predicted octanol–water partition coefficient (Wildman–Crippen LogP) is 3.50. The highest BCUT2D eigenvalue weighted by atomic mass is 35.5. The first-order chi connectivity index (χ1) is 9.38. The van der Waals surface area contributed by atoms with Crippen LogP contribution in [0.1, 0.15) is 32.0 Å². The molecule has 104 valence electrons. The van der Waals surface area contributed by atoms with Gasteiger partial charge < -0.3 is 14.8 Å². The lowest BCUT2D eigenvalue weighted by Gasteiger charge is -2.09. The molecule has 1 aromatic heterocycles. The molecule has 0 aliphatic carbocycles. The summed E-state index contributed by atoms with van der Waals surface area (Å²) in [4.78, 5) is 23.0. The molecular formula is C14H12ClNO4. The lowest BCUT2D eigenvalue weighted by atomic mass is 10.0. The monoisotopic (exact) mass is 293 g/mol. The van der Waals surface area contributed by atoms with Gasteiger partial charge in [-0.3, -0.25) is 4.79 Å². The number of aromatic carboxylic acids is 1. The van der Waals surface area contributed by atoms with Crippen molar-refractivity contribution >= 4 is 29.2 Å². The van der Waals surface area contributed by atoms with Crippen LogP contribution < -0.4 is 5.32 Å². The number of aryl methyl sites for hydroxylation is 1. The van der Waals surface area contributed by atoms with Crippen LogP contribution in [0, 0.1) is 13.8 Å². The summed E-state index contributed by atoms with van der Waals surface area (Å²) < 4.78 is 4.99. The van der Waals surface area contributed by atoms with Gasteiger partial charge in [-0.05, 0) is 60.8 Å². The van der Waals surface area contributed by atoms with Gasteiger partial charge in [-0.15, -0.1) is 0 Å². The minimum Gasteiger partial charge on any atom is -0.478 e. The summed E-state index contributed by atoms with van der Waals surface area (Å²) in [5, 5.41) is 11.8. The van der Waals surface area contributed by atoms with Gasteiger partial charge in [-0.2, -0.15) is 0 Å². The van der Waals surface area contributed by atoms with Crippen LogP contribution in [0.3, 0.4) is 0 Å². The number of hydrogen-bond acceptors (Lipinski definition) is 3. The Balaban J connectivity index is 2.30. The zero-order valence-corrected chi connectivity index (χ0v) is 11.6. The Morgan fingerprint density at radius 1 is 1.25 bits per heavy atom. The lowest BCUT2D eigenvalue weighted by molar-refractivity contribution is 0.0695. The van der Waals surface area contributed by atoms with E-state index in [1.165, 1.54) is 18.2 Å². The second-order valence-corrected chi connectivity index (χ2v) is 4.70. The normalized spacial score (nSPS) is 10.3. The third-order valence-corrected chi connectivity index (χ3v) is 3.16. The largest absolute Gasteiger partial charge is 0.478 e. The summed E-state index contributed by atoms with van der Waals surface area (Å²) in [7, 11) is 0. The number of anilines is 1. The molecule has 2 rings (SSSR count). The summed E-state index contributed by atoms with van der Waals surface area (Å²) in [6.45, 7) is 3.50. The molecule has 0 saturated carbocycles. The zero-order valence-electron chi connectivity index (χ0n) is 10.9. The Bertz CT molecular complexity index is 690. The van der Waals surface area contributed by atoms with Crippen LogP contribution in [0.4, 0.5) is 5.69 Å². The second kappa shape index (κ2) is 5.38. The molecule has 0 atom stereocenters. The molecule has 1 amide bonds. The quantitative estimate of drug-likeness (QED) is 0.907. The van der Waals surface area contributed by atoms with Crippen LogP contribution in [-0.2, 0) is 0 Å². The molecule has 0 aliphatic rings. The first-order valence-corrected chi connectivity index (χ1v) is 6.17. The SMILES string of the molecule is Cc1cc(NC(=O)c2ccc(Cl)o2)cc(C(=O)O)c1C. The van der Waals surface area contributed by atoms with E-state index in [0.29, 0.717) is 11.3 Å². The van der Waals surface area contributed by atoms with Crippen molar-refractivity contribution in [3.63, 3.8) is 0 Å². The predicted molar refractivity (Wildman–Crippen MR) is 74.5 cm³/mol. The minimum absolute atomic E-state index is 0.0603. The van der Waals surface area contributed by atoms with E-state index >= 15 is 0 Å². The van der Waals surface area contributed by atoms with E-state index in [4.69, 9.17) is 21.1 Å². The molecule has 0 saturated heterocycles. The number of hydrogen-bond donors (Lipinski definition) is 2. The standard InChI is InChI=1S/C14H12ClNO4/c1-7-5-9(6-10(8(7)2)14(18)19)16-13(17)11-3-4-12(15)20-11/h3-6H,1-2H3,(H,16,17)(H,18,19). The van der Waals surface area contributed by atoms with Crippen LogP contribution in [-0.4, -0.2) is 17.0 Å². The van der Waals surface area contributed by atoms with Crippen LogP contribution in [0.2, 0.25) is 5.22 Å². The zero-order chi connectivity index (χ0) is 14.9. The van der Waals surface area contributed by atoms with Crippen LogP contribution in [0.15, 0.2) is 28.7 Å². The number of carbonyl (C=O) groups excluding carboxylic acids is 1. The third kappa shape index (κ3) is 2.83. The molecule has 1 aromatic carbocycles. The maximum atomic E-state index is 11.9. The van der Waals surface area contributed by atoms with Crippen molar-refractivity contribution in [1.29, 1.82) is 0 Å². The number of amides is 1. The molecular weight excluding hydrogens is 282 g/mol. The van der Waals surface area contributed by atoms with E-state index < -0.39 is 11.9 Å². The maximum absolute atomic E-state index is 11.9. The van der Waals surface area contributed by atoms with Gasteiger partial charge in [-0.25, -0.2) is 4.79 Å². The first kappa shape index (κ1) is 14.1. The Morgan fingerprint density at radius 3 is 2.50 bits per heavy atom. The first-order valence-electron chi connectivity index (χ1n) is 5.79. The summed E-state index contributed by atoms with van der Waals surface area (Å²) in [6, 6.07) is 6.01. The molecule has 6 heteroatoms. The van der Waals surface area contributed by atoms with Crippen molar-refractivity contribution in [3.05, 3.63) is 51.9 Å². The van der Waals surface area contributed by atoms with Crippen molar-refractivity contribution in [1.82, 2.24) is 0 Å². The van der Waals surface area contributed by atoms with Gasteiger partial charge in [0, 0.05) is 5.69 Å². The van der Waals surface area contributed by atoms with Gasteiger partial charge in [-0.1, -0.05) is 0 Å². The third-order valence-electron chi connectivity index (χ3n) is 2.95. The van der Waals surface area contributed by atoms with Crippen molar-refractivity contribution in [2.75, 3.05) is 5.32 Å². The average Bonchev–Trinajstić information content (AvgIpc) is 2.80. The van der Waals surface area contributed by atoms with E-state index in [0.717, 1.165) is 5.56 Å². The molecule has 20 heavy (non-hydrogen) atoms. The summed E-state index contributed by atoms with van der Waals surface area (Å²) in [5.41, 5.74) is 1.98. The number of halogens is 1. The number of nitrogens with one attached hydrogen (secondary N) is 1. The smallest absolute Gasteiger partial charge is 0.336 e. The van der Waals surface area contributed by atoms with Gasteiger partial charge >= 0.3 is 5.97 Å². The Hall–Kier alpha value is -2.27. The molecule has 0 spiro atoms. The highest BCUT2D eigenvalue weighted by Gasteiger charge is 2.14. The van der Waals surface area contributed by atoms with Crippen molar-refractivity contribution in [2.24, 2.45) is 0 Å². The van der Waals surface area contributed by atoms with Crippen LogP contribution in [0.5, 0.6) is 0 Å². The fraction of sp³-hybridized carbons (Fsp3) is 0.143. The Morgan fingerprint density at radius 2 is 1.95 bits per heavy atom. The van der Waals surface area contributed by atoms with Crippen LogP contribution in [0.25, 0.3) is 0 Å². The number of furan rings is 1. The molecule has 0 radical (unpaired) electrons. The van der Waals surface area contributed by atoms with E-state index in [2.05, 4.69) is 5.32 Å². The topological polar surface area (TPSA) is 79.5 Å². The number of rotatable bonds is 3. The number of carboxylic acid groups (broad SMARTS) is 1. The summed E-state index contributed by atoms with van der Waals surface area (Å²) >= 11 is 5.60. The van der Waals surface area contributed by atoms with Gasteiger partial charge in [0.25, 0.3) is 5.91 Å². The molecule has 0 unspecified atom stereocenters. The minimum atomic E-state index is -1.04. The number of benzene rings is 1. The van der Waals surface area contributed by atoms with E-state index in [1.54, 1.807) is 19.9 Å². The van der Waals surface area contributed by atoms with Gasteiger partial charge in [0.2, 0.25) is 0 Å². The molecule has 5 nitrogen and oxygen atoms in total. The maximum Gasteiger partial charge on any atom is 0.336 e. The molecule has 0 aliphatic heterocycles. The fourth-order valence-corrected chi connectivity index (χ4v) is 1.93. The van der Waals surface area contributed by atoms with Gasteiger partial charge in [0.05, 0.1) is 5.56 Å². The van der Waals surface area contributed by atoms with Crippen molar-refractivity contribution < 1.29 is 19.1 Å². The van der Waals surface area contributed by atoms with E-state index in [9.17, 15) is 9.59 Å². The molecule has 0 bridgehead atoms. The summed E-state index contributed by atoms with van der Waals surface area (Å²) in [6.07, 6.45) is 0. The highest BCUT2D eigenvalue weighted by molar-refractivity contribution is 6.29. The molecule has 1 heterocycles. The average molecular weight is 294 g/mol.